The van der Waals surface area contributed by atoms with E-state index >= 15 is 0 Å². The summed E-state index contributed by atoms with van der Waals surface area (Å²) in [6.07, 6.45) is 0. The number of rotatable bonds is 4. The van der Waals surface area contributed by atoms with Crippen LogP contribution in [0.5, 0.6) is 5.75 Å². The lowest BCUT2D eigenvalue weighted by Gasteiger charge is -2.32. The Bertz CT molecular complexity index is 991. The lowest BCUT2D eigenvalue weighted by Crippen LogP contribution is -2.41. The number of nitrogens with zero attached hydrogens (tertiary/aromatic N) is 3. The molecule has 0 fully saturated rings. The molecule has 4 rings (SSSR count). The highest BCUT2D eigenvalue weighted by molar-refractivity contribution is 8.00. The van der Waals surface area contributed by atoms with Crippen LogP contribution >= 0.6 is 23.4 Å². The van der Waals surface area contributed by atoms with Gasteiger partial charge in [-0.1, -0.05) is 35.5 Å². The number of halogens is 1. The first-order valence-corrected chi connectivity index (χ1v) is 9.86. The van der Waals surface area contributed by atoms with E-state index in [1.165, 1.54) is 11.8 Å². The van der Waals surface area contributed by atoms with Crippen molar-refractivity contribution in [3.8, 4) is 5.75 Å². The van der Waals surface area contributed by atoms with Crippen molar-refractivity contribution in [2.45, 2.75) is 23.4 Å². The summed E-state index contributed by atoms with van der Waals surface area (Å²) < 4.78 is 6.97. The molecule has 0 aliphatic carbocycles. The van der Waals surface area contributed by atoms with Gasteiger partial charge in [0.25, 0.3) is 0 Å². The van der Waals surface area contributed by atoms with E-state index in [9.17, 15) is 4.79 Å². The maximum absolute atomic E-state index is 13.1. The molecule has 1 aliphatic heterocycles. The van der Waals surface area contributed by atoms with E-state index in [2.05, 4.69) is 20.9 Å². The highest BCUT2D eigenvalue weighted by Crippen LogP contribution is 2.37. The molecule has 28 heavy (non-hydrogen) atoms. The van der Waals surface area contributed by atoms with Gasteiger partial charge in [-0.3, -0.25) is 4.79 Å². The van der Waals surface area contributed by atoms with E-state index in [0.29, 0.717) is 15.9 Å². The molecule has 7 nitrogen and oxygen atoms in total. The van der Waals surface area contributed by atoms with Gasteiger partial charge < -0.3 is 15.5 Å². The van der Waals surface area contributed by atoms with E-state index in [4.69, 9.17) is 16.3 Å². The number of hydrogen-bond acceptors (Lipinski definition) is 6. The van der Waals surface area contributed by atoms with Gasteiger partial charge in [-0.2, -0.15) is 0 Å². The fourth-order valence-corrected chi connectivity index (χ4v) is 4.22. The summed E-state index contributed by atoms with van der Waals surface area (Å²) in [7, 11) is 1.60. The number of ether oxygens (including phenoxy) is 1. The molecular weight excluding hydrogens is 398 g/mol. The minimum absolute atomic E-state index is 0.130. The van der Waals surface area contributed by atoms with Crippen molar-refractivity contribution < 1.29 is 9.53 Å². The Morgan fingerprint density at radius 2 is 1.89 bits per heavy atom. The predicted octanol–water partition coefficient (Wildman–Crippen LogP) is 3.65. The molecule has 0 saturated heterocycles. The van der Waals surface area contributed by atoms with Crippen LogP contribution in [0.1, 0.15) is 17.4 Å². The molecule has 2 N–H and O–H groups in total. The maximum atomic E-state index is 13.1. The van der Waals surface area contributed by atoms with Crippen molar-refractivity contribution in [2.75, 3.05) is 17.9 Å². The van der Waals surface area contributed by atoms with E-state index < -0.39 is 5.25 Å². The average Bonchev–Trinajstić information content (AvgIpc) is 3.08. The van der Waals surface area contributed by atoms with Crippen molar-refractivity contribution in [1.82, 2.24) is 14.9 Å². The predicted molar refractivity (Wildman–Crippen MR) is 110 cm³/mol. The smallest absolute Gasteiger partial charge is 0.240 e. The van der Waals surface area contributed by atoms with Crippen molar-refractivity contribution in [3.63, 3.8) is 0 Å². The quantitative estimate of drug-likeness (QED) is 0.677. The Kier molecular flexibility index (Phi) is 5.15. The topological polar surface area (TPSA) is 81.1 Å². The number of thioether (sulfide) groups is 1. The monoisotopic (exact) mass is 415 g/mol. The second-order valence-corrected chi connectivity index (χ2v) is 7.82. The van der Waals surface area contributed by atoms with Gasteiger partial charge in [0.2, 0.25) is 11.1 Å². The molecule has 0 spiro atoms. The fraction of sp³-hybridized carbons (Fsp3) is 0.211. The third kappa shape index (κ3) is 3.65. The van der Waals surface area contributed by atoms with Crippen LogP contribution in [0, 0.1) is 6.92 Å². The summed E-state index contributed by atoms with van der Waals surface area (Å²) >= 11 is 7.41. The van der Waals surface area contributed by atoms with Crippen molar-refractivity contribution in [1.29, 1.82) is 0 Å². The number of hydrogen-bond donors (Lipinski definition) is 2. The molecule has 1 aliphatic rings. The van der Waals surface area contributed by atoms with Gasteiger partial charge in [-0.05, 0) is 48.9 Å². The zero-order valence-corrected chi connectivity index (χ0v) is 16.8. The summed E-state index contributed by atoms with van der Waals surface area (Å²) in [5.74, 6) is 1.33. The minimum atomic E-state index is -0.445. The maximum Gasteiger partial charge on any atom is 0.240 e. The molecule has 0 unspecified atom stereocenters. The van der Waals surface area contributed by atoms with E-state index in [0.717, 1.165) is 17.1 Å². The largest absolute Gasteiger partial charge is 0.497 e. The standard InChI is InChI=1S/C19H18ClN5O2S/c1-11-22-23-19-25(11)24-16(12-3-5-13(20)6-4-12)17(28-19)18(26)21-14-7-9-15(27-2)10-8-14/h3-10,16-17,24H,1-2H3,(H,21,26)/t16-,17+/m1/s1. The van der Waals surface area contributed by atoms with Crippen LogP contribution in [0.25, 0.3) is 0 Å². The molecule has 9 heteroatoms. The number of aromatic nitrogens is 3. The normalized spacial score (nSPS) is 18.1. The van der Waals surface area contributed by atoms with Gasteiger partial charge in [0.15, 0.2) is 0 Å². The number of fused-ring (bicyclic) bond motifs is 1. The van der Waals surface area contributed by atoms with Crippen molar-refractivity contribution in [3.05, 3.63) is 64.9 Å². The summed E-state index contributed by atoms with van der Waals surface area (Å²) in [4.78, 5) is 13.1. The number of methoxy groups -OCH3 is 1. The summed E-state index contributed by atoms with van der Waals surface area (Å²) in [5.41, 5.74) is 5.01. The number of benzene rings is 2. The lowest BCUT2D eigenvalue weighted by molar-refractivity contribution is -0.116. The molecule has 0 bridgehead atoms. The molecule has 1 aromatic heterocycles. The molecule has 2 aromatic carbocycles. The second kappa shape index (κ2) is 7.73. The fourth-order valence-electron chi connectivity index (χ4n) is 2.97. The van der Waals surface area contributed by atoms with Crippen LogP contribution in [0.15, 0.2) is 53.7 Å². The Morgan fingerprint density at radius 3 is 2.57 bits per heavy atom. The first kappa shape index (κ1) is 18.6. The highest BCUT2D eigenvalue weighted by Gasteiger charge is 2.37. The van der Waals surface area contributed by atoms with Gasteiger partial charge >= 0.3 is 0 Å². The lowest BCUT2D eigenvalue weighted by atomic mass is 10.0. The second-order valence-electron chi connectivity index (χ2n) is 6.28. The third-order valence-electron chi connectivity index (χ3n) is 4.44. The molecule has 2 atom stereocenters. The van der Waals surface area contributed by atoms with Crippen molar-refractivity contribution in [2.24, 2.45) is 0 Å². The zero-order chi connectivity index (χ0) is 19.7. The number of amides is 1. The van der Waals surface area contributed by atoms with Gasteiger partial charge in [-0.25, -0.2) is 4.68 Å². The Balaban J connectivity index is 1.62. The third-order valence-corrected chi connectivity index (χ3v) is 5.91. The average molecular weight is 416 g/mol. The van der Waals surface area contributed by atoms with Gasteiger partial charge in [0, 0.05) is 10.7 Å². The molecule has 2 heterocycles. The van der Waals surface area contributed by atoms with Gasteiger partial charge in [0.05, 0.1) is 13.2 Å². The number of aryl methyl sites for hydroxylation is 1. The van der Waals surface area contributed by atoms with Crippen LogP contribution in [0.3, 0.4) is 0 Å². The van der Waals surface area contributed by atoms with Crippen molar-refractivity contribution >= 4 is 35.0 Å². The summed E-state index contributed by atoms with van der Waals surface area (Å²) in [6.45, 7) is 1.86. The van der Waals surface area contributed by atoms with E-state index in [1.54, 1.807) is 23.9 Å². The zero-order valence-electron chi connectivity index (χ0n) is 15.2. The molecular formula is C19H18ClN5O2S. The number of carbonyl (C=O) groups is 1. The Morgan fingerprint density at radius 1 is 1.18 bits per heavy atom. The van der Waals surface area contributed by atoms with Crippen LogP contribution in [-0.4, -0.2) is 33.1 Å². The van der Waals surface area contributed by atoms with Gasteiger partial charge in [0.1, 0.15) is 16.8 Å². The SMILES string of the molecule is COc1ccc(NC(=O)[C@H]2Sc3nnc(C)n3N[C@@H]2c2ccc(Cl)cc2)cc1. The van der Waals surface area contributed by atoms with E-state index in [1.807, 2.05) is 43.3 Å². The Hall–Kier alpha value is -2.71. The molecule has 144 valence electrons. The van der Waals surface area contributed by atoms with Crippen LogP contribution in [-0.2, 0) is 4.79 Å². The highest BCUT2D eigenvalue weighted by atomic mass is 35.5. The first-order chi connectivity index (χ1) is 13.5. The number of nitrogens with one attached hydrogen (secondary N) is 2. The molecule has 0 saturated carbocycles. The summed E-state index contributed by atoms with van der Waals surface area (Å²) in [5, 5.41) is 12.1. The molecule has 1 amide bonds. The number of carbonyl (C=O) groups excluding carboxylic acids is 1. The molecule has 0 radical (unpaired) electrons. The summed E-state index contributed by atoms with van der Waals surface area (Å²) in [6, 6.07) is 14.4. The van der Waals surface area contributed by atoms with Crippen LogP contribution in [0.4, 0.5) is 5.69 Å². The van der Waals surface area contributed by atoms with Gasteiger partial charge in [-0.15, -0.1) is 10.2 Å². The van der Waals surface area contributed by atoms with E-state index in [-0.39, 0.29) is 11.9 Å². The van der Waals surface area contributed by atoms with Crippen LogP contribution in [0.2, 0.25) is 5.02 Å². The molecule has 3 aromatic rings. The number of anilines is 1. The van der Waals surface area contributed by atoms with Crippen LogP contribution < -0.4 is 15.5 Å². The Labute approximate surface area is 171 Å². The first-order valence-electron chi connectivity index (χ1n) is 8.61. The minimum Gasteiger partial charge on any atom is -0.497 e.